The summed E-state index contributed by atoms with van der Waals surface area (Å²) in [6.07, 6.45) is 0. The summed E-state index contributed by atoms with van der Waals surface area (Å²) in [6, 6.07) is 0. The molecule has 0 saturated carbocycles. The zero-order valence-corrected chi connectivity index (χ0v) is 26.0. The second-order valence-corrected chi connectivity index (χ2v) is 2.08. The minimum atomic E-state index is -3.63. The minimum absolute atomic E-state index is 0. The summed E-state index contributed by atoms with van der Waals surface area (Å²) in [4.78, 5) is 34.1. The van der Waals surface area contributed by atoms with Gasteiger partial charge in [0.25, 0.3) is 0 Å². The number of hydrogen-bond donors (Lipinski definition) is 0. The van der Waals surface area contributed by atoms with Crippen LogP contribution in [-0.4, -0.2) is 196 Å². The van der Waals surface area contributed by atoms with Crippen LogP contribution in [0.5, 0.6) is 0 Å². The van der Waals surface area contributed by atoms with E-state index in [4.69, 9.17) is 44.0 Å². The summed E-state index contributed by atoms with van der Waals surface area (Å²) in [5, 5.41) is 0. The molecule has 0 atom stereocenters. The van der Waals surface area contributed by atoms with Crippen LogP contribution in [0, 0.1) is 0 Å². The van der Waals surface area contributed by atoms with E-state index in [1.54, 1.807) is 0 Å². The molecule has 80 valence electrons. The summed E-state index contributed by atoms with van der Waals surface area (Å²) >= 11 is -3.50. The summed E-state index contributed by atoms with van der Waals surface area (Å²) in [6.45, 7) is 0. The monoisotopic (exact) mass is 684 g/mol. The standard InChI is InChI=1S/2Al.3Ba.2O3Si.4O/c;;;;;2*1-4(2)3;;;;/q;;3*+2;2*-2;;;2*-1. The van der Waals surface area contributed by atoms with Gasteiger partial charge in [0.1, 0.15) is 0 Å². The molecule has 10 nitrogen and oxygen atoms in total. The zero-order valence-electron chi connectivity index (χ0n) is 8.36. The Morgan fingerprint density at radius 3 is 0.647 bits per heavy atom. The normalized spacial score (nSPS) is 3.76. The van der Waals surface area contributed by atoms with Crippen molar-refractivity contribution in [1.29, 1.82) is 0 Å². The van der Waals surface area contributed by atoms with Gasteiger partial charge in [0.2, 0.25) is 0 Å². The third kappa shape index (κ3) is 378. The fraction of sp³-hybridized carbons (Fsp3) is 0. The van der Waals surface area contributed by atoms with Crippen molar-refractivity contribution in [1.82, 2.24) is 0 Å². The van der Waals surface area contributed by atoms with Crippen molar-refractivity contribution in [2.24, 2.45) is 0 Å². The second-order valence-electron chi connectivity index (χ2n) is 0.692. The van der Waals surface area contributed by atoms with Crippen molar-refractivity contribution in [3.63, 3.8) is 0 Å². The molecule has 0 aromatic rings. The Balaban J connectivity index is -0.0000000149. The maximum absolute atomic E-state index is 8.52. The van der Waals surface area contributed by atoms with Gasteiger partial charge in [-0.15, -0.1) is 0 Å². The van der Waals surface area contributed by atoms with Crippen LogP contribution >= 0.6 is 0 Å². The van der Waals surface area contributed by atoms with E-state index < -0.39 is 49.3 Å². The van der Waals surface area contributed by atoms with Gasteiger partial charge in [-0.25, -0.2) is 0 Å². The van der Waals surface area contributed by atoms with Gasteiger partial charge in [0, 0.05) is 18.3 Å². The molecule has 0 unspecified atom stereocenters. The summed E-state index contributed by atoms with van der Waals surface area (Å²) in [5.74, 6) is 0. The molecule has 0 spiro atoms. The van der Waals surface area contributed by atoms with E-state index in [0.29, 0.717) is 0 Å². The van der Waals surface area contributed by atoms with E-state index in [9.17, 15) is 0 Å². The molecule has 0 aromatic carbocycles. The van der Waals surface area contributed by atoms with E-state index in [-0.39, 0.29) is 147 Å². The van der Waals surface area contributed by atoms with Crippen molar-refractivity contribution in [3.8, 4) is 0 Å². The van der Waals surface area contributed by atoms with Gasteiger partial charge in [-0.1, -0.05) is 0 Å². The third-order valence-corrected chi connectivity index (χ3v) is 0. The second kappa shape index (κ2) is 50.0. The van der Waals surface area contributed by atoms with Crippen LogP contribution in [-0.2, 0) is 16.5 Å². The Morgan fingerprint density at radius 2 is 0.647 bits per heavy atom. The van der Waals surface area contributed by atoms with Gasteiger partial charge < -0.3 is 28.1 Å². The van der Waals surface area contributed by atoms with Crippen LogP contribution in [0.1, 0.15) is 0 Å². The van der Waals surface area contributed by atoms with Crippen LogP contribution < -0.4 is 27.5 Å². The predicted molar refractivity (Wildman–Crippen MR) is 43.0 cm³/mol. The molecule has 0 saturated heterocycles. The van der Waals surface area contributed by atoms with Gasteiger partial charge in [-0.2, -0.15) is 0 Å². The first-order valence-corrected chi connectivity index (χ1v) is 6.50. The molecule has 0 radical (unpaired) electrons. The van der Waals surface area contributed by atoms with E-state index in [1.165, 1.54) is 0 Å². The quantitative estimate of drug-likeness (QED) is 0.221. The van der Waals surface area contributed by atoms with Crippen LogP contribution in [0.2, 0.25) is 0 Å². The fourth-order valence-corrected chi connectivity index (χ4v) is 0. The van der Waals surface area contributed by atoms with Gasteiger partial charge in [0.15, 0.2) is 0 Å². The topological polar surface area (TPSA) is 207 Å². The molecular weight excluding hydrogens is 682 g/mol. The van der Waals surface area contributed by atoms with Gasteiger partial charge >= 0.3 is 194 Å². The molecule has 0 rings (SSSR count). The Morgan fingerprint density at radius 1 is 0.647 bits per heavy atom. The van der Waals surface area contributed by atoms with Crippen molar-refractivity contribution >= 4 is 196 Å². The molecule has 0 aliphatic heterocycles. The van der Waals surface area contributed by atoms with E-state index in [1.807, 2.05) is 0 Å². The van der Waals surface area contributed by atoms with Crippen molar-refractivity contribution in [3.05, 3.63) is 0 Å². The van der Waals surface area contributed by atoms with E-state index in [2.05, 4.69) is 0 Å². The zero-order chi connectivity index (χ0) is 12.6. The Hall–Kier alpha value is 4.21. The molecule has 0 bridgehead atoms. The van der Waals surface area contributed by atoms with Gasteiger partial charge in [0.05, 0.1) is 0 Å². The molecule has 0 aliphatic carbocycles. The van der Waals surface area contributed by atoms with E-state index >= 15 is 0 Å². The number of hydrogen-bond acceptors (Lipinski definition) is 10. The Kier molecular flexibility index (Phi) is 126. The molecule has 0 fully saturated rings. The van der Waals surface area contributed by atoms with Crippen molar-refractivity contribution in [2.75, 3.05) is 0 Å². The Bertz CT molecular complexity index is 140. The third-order valence-electron chi connectivity index (χ3n) is 0. The summed E-state index contributed by atoms with van der Waals surface area (Å²) in [5.41, 5.74) is 0. The number of rotatable bonds is 0. The molecule has 17 heavy (non-hydrogen) atoms. The van der Waals surface area contributed by atoms with Crippen molar-refractivity contribution < 1.29 is 44.0 Å². The van der Waals surface area contributed by atoms with Crippen LogP contribution in [0.3, 0.4) is 0 Å². The average Bonchev–Trinajstić information content (AvgIpc) is 1.85. The molecule has 0 amide bonds. The average molecular weight is 682 g/mol. The summed E-state index contributed by atoms with van der Waals surface area (Å²) in [7, 11) is -7.26. The van der Waals surface area contributed by atoms with Crippen molar-refractivity contribution in [2.45, 2.75) is 0 Å². The molecule has 0 aliphatic rings. The molecule has 0 N–H and O–H groups in total. The summed E-state index contributed by atoms with van der Waals surface area (Å²) < 4.78 is 50.9. The first kappa shape index (κ1) is 42.9. The van der Waals surface area contributed by atoms with Gasteiger partial charge in [-0.3, -0.25) is 0 Å². The van der Waals surface area contributed by atoms with Crippen LogP contribution in [0.4, 0.5) is 0 Å². The first-order valence-electron chi connectivity index (χ1n) is 2.17. The predicted octanol–water partition coefficient (Wildman–Crippen LogP) is -10.3. The van der Waals surface area contributed by atoms with Crippen LogP contribution in [0.25, 0.3) is 0 Å². The molecular formula is Al2Ba3O10Si2. The van der Waals surface area contributed by atoms with E-state index in [0.717, 1.165) is 0 Å². The molecule has 0 heterocycles. The SMILES string of the molecule is O=[Si]([O-])[O-].O=[Si]([O-])[O-].[Ba+2].[Ba+2].[Ba+2].[O]=[Al][O-].[O]=[Al][O-]. The van der Waals surface area contributed by atoms with Crippen LogP contribution in [0.15, 0.2) is 0 Å². The maximum atomic E-state index is 8.52. The Labute approximate surface area is 233 Å². The first-order chi connectivity index (χ1) is 6.29. The molecule has 0 aromatic heterocycles. The fourth-order valence-electron chi connectivity index (χ4n) is 0. The van der Waals surface area contributed by atoms with Gasteiger partial charge in [-0.05, 0) is 0 Å². The molecule has 17 heteroatoms.